The SMILES string of the molecule is CC(C)C(C)(CN)NC(=O)C1CC(=O)N(c2ccccc2Br)C1.Cl. The second-order valence-electron chi connectivity index (χ2n) is 6.62. The van der Waals surface area contributed by atoms with Crippen LogP contribution in [0.2, 0.25) is 0 Å². The molecule has 1 aromatic carbocycles. The summed E-state index contributed by atoms with van der Waals surface area (Å²) in [6.07, 6.45) is 0.228. The molecular formula is C17H25BrClN3O2. The van der Waals surface area contributed by atoms with E-state index in [1.807, 2.05) is 45.0 Å². The van der Waals surface area contributed by atoms with E-state index in [0.717, 1.165) is 10.2 Å². The molecule has 1 heterocycles. The van der Waals surface area contributed by atoms with Crippen molar-refractivity contribution in [2.45, 2.75) is 32.7 Å². The lowest BCUT2D eigenvalue weighted by Gasteiger charge is -2.34. The van der Waals surface area contributed by atoms with E-state index in [-0.39, 0.29) is 42.5 Å². The lowest BCUT2D eigenvalue weighted by atomic mass is 9.87. The van der Waals surface area contributed by atoms with Crippen LogP contribution >= 0.6 is 28.3 Å². The molecule has 0 aromatic heterocycles. The fraction of sp³-hybridized carbons (Fsp3) is 0.529. The molecule has 1 fully saturated rings. The molecule has 0 spiro atoms. The average molecular weight is 419 g/mol. The maximum absolute atomic E-state index is 12.6. The van der Waals surface area contributed by atoms with E-state index in [0.29, 0.717) is 13.1 Å². The summed E-state index contributed by atoms with van der Waals surface area (Å²) in [5, 5.41) is 3.04. The average Bonchev–Trinajstić information content (AvgIpc) is 2.89. The summed E-state index contributed by atoms with van der Waals surface area (Å²) < 4.78 is 0.850. The summed E-state index contributed by atoms with van der Waals surface area (Å²) in [5.41, 5.74) is 6.17. The Morgan fingerprint density at radius 3 is 2.62 bits per heavy atom. The molecule has 1 saturated heterocycles. The van der Waals surface area contributed by atoms with Gasteiger partial charge in [-0.05, 0) is 40.9 Å². The van der Waals surface area contributed by atoms with Gasteiger partial charge in [-0.3, -0.25) is 9.59 Å². The number of para-hydroxylation sites is 1. The van der Waals surface area contributed by atoms with Crippen LogP contribution in [0.5, 0.6) is 0 Å². The van der Waals surface area contributed by atoms with Gasteiger partial charge >= 0.3 is 0 Å². The molecule has 24 heavy (non-hydrogen) atoms. The van der Waals surface area contributed by atoms with E-state index in [9.17, 15) is 9.59 Å². The van der Waals surface area contributed by atoms with Crippen LogP contribution in [0.15, 0.2) is 28.7 Å². The number of carbonyl (C=O) groups is 2. The summed E-state index contributed by atoms with van der Waals surface area (Å²) in [7, 11) is 0. The highest BCUT2D eigenvalue weighted by Crippen LogP contribution is 2.31. The number of nitrogens with one attached hydrogen (secondary N) is 1. The van der Waals surface area contributed by atoms with Gasteiger partial charge in [-0.1, -0.05) is 26.0 Å². The molecule has 0 bridgehead atoms. The number of nitrogens with two attached hydrogens (primary N) is 1. The van der Waals surface area contributed by atoms with Crippen LogP contribution in [0.1, 0.15) is 27.2 Å². The van der Waals surface area contributed by atoms with Crippen LogP contribution in [-0.2, 0) is 9.59 Å². The van der Waals surface area contributed by atoms with E-state index in [1.54, 1.807) is 4.90 Å². The first-order valence-electron chi connectivity index (χ1n) is 7.85. The van der Waals surface area contributed by atoms with Gasteiger partial charge in [0.15, 0.2) is 0 Å². The van der Waals surface area contributed by atoms with Gasteiger partial charge in [-0.2, -0.15) is 0 Å². The molecule has 0 radical (unpaired) electrons. The van der Waals surface area contributed by atoms with Gasteiger partial charge in [0.2, 0.25) is 11.8 Å². The van der Waals surface area contributed by atoms with E-state index in [2.05, 4.69) is 21.2 Å². The molecule has 1 aliphatic rings. The Morgan fingerprint density at radius 1 is 1.46 bits per heavy atom. The van der Waals surface area contributed by atoms with Crippen molar-refractivity contribution in [1.29, 1.82) is 0 Å². The fourth-order valence-corrected chi connectivity index (χ4v) is 3.10. The molecule has 2 amide bonds. The molecule has 0 aliphatic carbocycles. The Balaban J connectivity index is 0.00000288. The first-order chi connectivity index (χ1) is 10.8. The van der Waals surface area contributed by atoms with Crippen molar-refractivity contribution >= 4 is 45.8 Å². The van der Waals surface area contributed by atoms with Crippen LogP contribution in [0, 0.1) is 11.8 Å². The van der Waals surface area contributed by atoms with Gasteiger partial charge in [0.1, 0.15) is 0 Å². The normalized spacial score (nSPS) is 19.8. The minimum atomic E-state index is -0.457. The first-order valence-corrected chi connectivity index (χ1v) is 8.64. The lowest BCUT2D eigenvalue weighted by Crippen LogP contribution is -2.56. The van der Waals surface area contributed by atoms with Crippen LogP contribution in [-0.4, -0.2) is 30.4 Å². The van der Waals surface area contributed by atoms with Gasteiger partial charge in [0.05, 0.1) is 17.1 Å². The summed E-state index contributed by atoms with van der Waals surface area (Å²) in [6, 6.07) is 7.54. The fourth-order valence-electron chi connectivity index (χ4n) is 2.60. The summed E-state index contributed by atoms with van der Waals surface area (Å²) >= 11 is 3.46. The van der Waals surface area contributed by atoms with Crippen LogP contribution in [0.25, 0.3) is 0 Å². The maximum Gasteiger partial charge on any atom is 0.227 e. The predicted octanol–water partition coefficient (Wildman–Crippen LogP) is 2.71. The Bertz CT molecular complexity index is 611. The van der Waals surface area contributed by atoms with Crippen LogP contribution in [0.3, 0.4) is 0 Å². The van der Waals surface area contributed by atoms with Crippen LogP contribution < -0.4 is 16.0 Å². The van der Waals surface area contributed by atoms with Crippen molar-refractivity contribution in [3.05, 3.63) is 28.7 Å². The highest BCUT2D eigenvalue weighted by atomic mass is 79.9. The Labute approximate surface area is 157 Å². The van der Waals surface area contributed by atoms with Gasteiger partial charge in [-0.15, -0.1) is 12.4 Å². The minimum absolute atomic E-state index is 0. The molecule has 5 nitrogen and oxygen atoms in total. The third-order valence-electron chi connectivity index (χ3n) is 4.75. The summed E-state index contributed by atoms with van der Waals surface area (Å²) in [6.45, 7) is 6.76. The Hall–Kier alpha value is -1.11. The topological polar surface area (TPSA) is 75.4 Å². The molecule has 1 aliphatic heterocycles. The number of carbonyl (C=O) groups excluding carboxylic acids is 2. The second kappa shape index (κ2) is 8.32. The Morgan fingerprint density at radius 2 is 2.08 bits per heavy atom. The third-order valence-corrected chi connectivity index (χ3v) is 5.42. The first kappa shape index (κ1) is 20.9. The maximum atomic E-state index is 12.6. The molecular weight excluding hydrogens is 394 g/mol. The molecule has 2 atom stereocenters. The number of hydrogen-bond acceptors (Lipinski definition) is 3. The van der Waals surface area contributed by atoms with E-state index < -0.39 is 5.54 Å². The lowest BCUT2D eigenvalue weighted by molar-refractivity contribution is -0.128. The molecule has 2 unspecified atom stereocenters. The number of halogens is 2. The molecule has 134 valence electrons. The monoisotopic (exact) mass is 417 g/mol. The third kappa shape index (κ3) is 4.29. The van der Waals surface area contributed by atoms with Crippen molar-refractivity contribution < 1.29 is 9.59 Å². The molecule has 1 aromatic rings. The summed E-state index contributed by atoms with van der Waals surface area (Å²) in [5.74, 6) is -0.266. The van der Waals surface area contributed by atoms with E-state index in [4.69, 9.17) is 5.73 Å². The van der Waals surface area contributed by atoms with Crippen molar-refractivity contribution in [2.24, 2.45) is 17.6 Å². The highest BCUT2D eigenvalue weighted by molar-refractivity contribution is 9.10. The molecule has 2 rings (SSSR count). The molecule has 3 N–H and O–H groups in total. The second-order valence-corrected chi connectivity index (χ2v) is 7.48. The number of rotatable bonds is 5. The zero-order chi connectivity index (χ0) is 17.2. The number of anilines is 1. The van der Waals surface area contributed by atoms with E-state index in [1.165, 1.54) is 0 Å². The quantitative estimate of drug-likeness (QED) is 0.772. The van der Waals surface area contributed by atoms with Crippen molar-refractivity contribution in [2.75, 3.05) is 18.0 Å². The largest absolute Gasteiger partial charge is 0.349 e. The molecule has 7 heteroatoms. The standard InChI is InChI=1S/C17H24BrN3O2.ClH/c1-11(2)17(3,10-19)20-16(23)12-8-15(22)21(9-12)14-7-5-4-6-13(14)18;/h4-7,11-12H,8-10,19H2,1-3H3,(H,20,23);1H. The van der Waals surface area contributed by atoms with Crippen molar-refractivity contribution in [3.63, 3.8) is 0 Å². The zero-order valence-electron chi connectivity index (χ0n) is 14.2. The molecule has 0 saturated carbocycles. The van der Waals surface area contributed by atoms with Crippen molar-refractivity contribution in [1.82, 2.24) is 5.32 Å². The van der Waals surface area contributed by atoms with Gasteiger partial charge in [-0.25, -0.2) is 0 Å². The van der Waals surface area contributed by atoms with E-state index >= 15 is 0 Å². The van der Waals surface area contributed by atoms with Gasteiger partial charge in [0, 0.05) is 24.0 Å². The van der Waals surface area contributed by atoms with Crippen molar-refractivity contribution in [3.8, 4) is 0 Å². The number of hydrogen-bond donors (Lipinski definition) is 2. The Kier molecular flexibility index (Phi) is 7.25. The highest BCUT2D eigenvalue weighted by Gasteiger charge is 2.38. The van der Waals surface area contributed by atoms with Crippen LogP contribution in [0.4, 0.5) is 5.69 Å². The number of nitrogens with zero attached hydrogens (tertiary/aromatic N) is 1. The minimum Gasteiger partial charge on any atom is -0.349 e. The predicted molar refractivity (Wildman–Crippen MR) is 102 cm³/mol. The smallest absolute Gasteiger partial charge is 0.227 e. The van der Waals surface area contributed by atoms with Gasteiger partial charge in [0.25, 0.3) is 0 Å². The van der Waals surface area contributed by atoms with Gasteiger partial charge < -0.3 is 16.0 Å². The number of amides is 2. The zero-order valence-corrected chi connectivity index (χ0v) is 16.6. The summed E-state index contributed by atoms with van der Waals surface area (Å²) in [4.78, 5) is 26.6. The number of benzene rings is 1.